The van der Waals surface area contributed by atoms with Crippen molar-refractivity contribution >= 4 is 11.6 Å². The van der Waals surface area contributed by atoms with E-state index in [0.717, 1.165) is 57.1 Å². The predicted octanol–water partition coefficient (Wildman–Crippen LogP) is 3.59. The van der Waals surface area contributed by atoms with Crippen LogP contribution in [0.1, 0.15) is 44.3 Å². The lowest BCUT2D eigenvalue weighted by atomic mass is 9.91. The smallest absolute Gasteiger partial charge is 0.0589 e. The zero-order valence-corrected chi connectivity index (χ0v) is 12.3. The van der Waals surface area contributed by atoms with Gasteiger partial charge in [-0.2, -0.15) is 0 Å². The molecule has 0 saturated carbocycles. The minimum Gasteiger partial charge on any atom is -0.381 e. The molecule has 1 aliphatic rings. The van der Waals surface area contributed by atoms with E-state index in [9.17, 15) is 0 Å². The SMILES string of the molecule is CCCNC(CC1CCOCC1)c1ccc(Cl)cn1. The molecule has 3 nitrogen and oxygen atoms in total. The molecule has 0 radical (unpaired) electrons. The quantitative estimate of drug-likeness (QED) is 0.866. The maximum atomic E-state index is 5.91. The summed E-state index contributed by atoms with van der Waals surface area (Å²) < 4.78 is 5.43. The molecule has 0 aliphatic carbocycles. The topological polar surface area (TPSA) is 34.1 Å². The number of rotatable bonds is 6. The van der Waals surface area contributed by atoms with E-state index in [1.54, 1.807) is 6.20 Å². The fraction of sp³-hybridized carbons (Fsp3) is 0.667. The number of ether oxygens (including phenoxy) is 1. The first-order valence-corrected chi connectivity index (χ1v) is 7.60. The molecule has 1 aromatic heterocycles. The van der Waals surface area contributed by atoms with Crippen LogP contribution in [0.25, 0.3) is 0 Å². The standard InChI is InChI=1S/C15H23ClN2O/c1-2-7-17-15(10-12-5-8-19-9-6-12)14-4-3-13(16)11-18-14/h3-4,11-12,15,17H,2,5-10H2,1H3. The summed E-state index contributed by atoms with van der Waals surface area (Å²) in [4.78, 5) is 4.47. The zero-order chi connectivity index (χ0) is 13.5. The Balaban J connectivity index is 1.99. The molecule has 1 saturated heterocycles. The Morgan fingerprint density at radius 1 is 1.42 bits per heavy atom. The molecule has 1 aromatic rings. The van der Waals surface area contributed by atoms with Gasteiger partial charge in [0.25, 0.3) is 0 Å². The van der Waals surface area contributed by atoms with Crippen LogP contribution in [-0.2, 0) is 4.74 Å². The Hall–Kier alpha value is -0.640. The molecule has 4 heteroatoms. The zero-order valence-electron chi connectivity index (χ0n) is 11.6. The average Bonchev–Trinajstić information content (AvgIpc) is 2.45. The fourth-order valence-electron chi connectivity index (χ4n) is 2.54. The van der Waals surface area contributed by atoms with E-state index < -0.39 is 0 Å². The van der Waals surface area contributed by atoms with Gasteiger partial charge in [-0.15, -0.1) is 0 Å². The third kappa shape index (κ3) is 4.75. The second kappa shape index (κ2) is 7.83. The summed E-state index contributed by atoms with van der Waals surface area (Å²) in [5.74, 6) is 0.737. The minimum atomic E-state index is 0.334. The summed E-state index contributed by atoms with van der Waals surface area (Å²) in [5.41, 5.74) is 1.10. The van der Waals surface area contributed by atoms with Gasteiger partial charge in [0.1, 0.15) is 0 Å². The van der Waals surface area contributed by atoms with Gasteiger partial charge in [0.05, 0.1) is 10.7 Å². The van der Waals surface area contributed by atoms with Crippen LogP contribution in [-0.4, -0.2) is 24.7 Å². The highest BCUT2D eigenvalue weighted by Gasteiger charge is 2.20. The molecule has 0 aromatic carbocycles. The van der Waals surface area contributed by atoms with E-state index in [-0.39, 0.29) is 0 Å². The lowest BCUT2D eigenvalue weighted by molar-refractivity contribution is 0.0603. The molecular formula is C15H23ClN2O. The van der Waals surface area contributed by atoms with E-state index in [0.29, 0.717) is 11.1 Å². The van der Waals surface area contributed by atoms with Gasteiger partial charge in [-0.25, -0.2) is 0 Å². The maximum Gasteiger partial charge on any atom is 0.0589 e. The van der Waals surface area contributed by atoms with Gasteiger partial charge in [0, 0.05) is 25.5 Å². The van der Waals surface area contributed by atoms with Crippen LogP contribution < -0.4 is 5.32 Å². The van der Waals surface area contributed by atoms with E-state index in [4.69, 9.17) is 16.3 Å². The van der Waals surface area contributed by atoms with Crippen LogP contribution in [0.2, 0.25) is 5.02 Å². The van der Waals surface area contributed by atoms with E-state index in [2.05, 4.69) is 17.2 Å². The highest BCUT2D eigenvalue weighted by Crippen LogP contribution is 2.27. The summed E-state index contributed by atoms with van der Waals surface area (Å²) in [7, 11) is 0. The molecule has 106 valence electrons. The van der Waals surface area contributed by atoms with E-state index >= 15 is 0 Å². The lowest BCUT2D eigenvalue weighted by Crippen LogP contribution is -2.27. The van der Waals surface area contributed by atoms with Crippen molar-refractivity contribution in [3.63, 3.8) is 0 Å². The van der Waals surface area contributed by atoms with Gasteiger partial charge in [0.15, 0.2) is 0 Å². The van der Waals surface area contributed by atoms with Crippen molar-refractivity contribution in [2.75, 3.05) is 19.8 Å². The first-order valence-electron chi connectivity index (χ1n) is 7.22. The van der Waals surface area contributed by atoms with E-state index in [1.807, 2.05) is 12.1 Å². The molecule has 0 spiro atoms. The molecule has 2 rings (SSSR count). The summed E-state index contributed by atoms with van der Waals surface area (Å²) in [6.07, 6.45) is 6.34. The molecule has 1 N–H and O–H groups in total. The van der Waals surface area contributed by atoms with Gasteiger partial charge in [-0.05, 0) is 50.3 Å². The Labute approximate surface area is 120 Å². The third-order valence-corrected chi connectivity index (χ3v) is 3.88. The van der Waals surface area contributed by atoms with Crippen LogP contribution in [0, 0.1) is 5.92 Å². The molecule has 0 bridgehead atoms. The number of aromatic nitrogens is 1. The van der Waals surface area contributed by atoms with Crippen LogP contribution in [0.15, 0.2) is 18.3 Å². The highest BCUT2D eigenvalue weighted by atomic mass is 35.5. The van der Waals surface area contributed by atoms with Crippen molar-refractivity contribution in [2.45, 2.75) is 38.6 Å². The first-order chi connectivity index (χ1) is 9.29. The second-order valence-electron chi connectivity index (χ2n) is 5.20. The fourth-order valence-corrected chi connectivity index (χ4v) is 2.65. The molecule has 1 fully saturated rings. The molecular weight excluding hydrogens is 260 g/mol. The Kier molecular flexibility index (Phi) is 6.08. The number of pyridine rings is 1. The maximum absolute atomic E-state index is 5.91. The van der Waals surface area contributed by atoms with Crippen molar-refractivity contribution in [3.8, 4) is 0 Å². The average molecular weight is 283 g/mol. The molecule has 2 heterocycles. The Morgan fingerprint density at radius 2 is 2.21 bits per heavy atom. The van der Waals surface area contributed by atoms with Crippen LogP contribution in [0.4, 0.5) is 0 Å². The number of nitrogens with one attached hydrogen (secondary N) is 1. The van der Waals surface area contributed by atoms with Gasteiger partial charge >= 0.3 is 0 Å². The number of nitrogens with zero attached hydrogens (tertiary/aromatic N) is 1. The van der Waals surface area contributed by atoms with Crippen LogP contribution >= 0.6 is 11.6 Å². The van der Waals surface area contributed by atoms with Crippen molar-refractivity contribution in [3.05, 3.63) is 29.0 Å². The molecule has 0 amide bonds. The van der Waals surface area contributed by atoms with Gasteiger partial charge in [0.2, 0.25) is 0 Å². The largest absolute Gasteiger partial charge is 0.381 e. The van der Waals surface area contributed by atoms with Crippen LogP contribution in [0.5, 0.6) is 0 Å². The Morgan fingerprint density at radius 3 is 2.84 bits per heavy atom. The van der Waals surface area contributed by atoms with Crippen LogP contribution in [0.3, 0.4) is 0 Å². The van der Waals surface area contributed by atoms with Crippen molar-refractivity contribution in [1.29, 1.82) is 0 Å². The summed E-state index contributed by atoms with van der Waals surface area (Å²) >= 11 is 5.91. The van der Waals surface area contributed by atoms with Gasteiger partial charge < -0.3 is 10.1 Å². The van der Waals surface area contributed by atoms with Gasteiger partial charge in [-0.3, -0.25) is 4.98 Å². The molecule has 1 unspecified atom stereocenters. The van der Waals surface area contributed by atoms with E-state index in [1.165, 1.54) is 0 Å². The van der Waals surface area contributed by atoms with Crippen molar-refractivity contribution in [1.82, 2.24) is 10.3 Å². The second-order valence-corrected chi connectivity index (χ2v) is 5.64. The van der Waals surface area contributed by atoms with Crippen molar-refractivity contribution < 1.29 is 4.74 Å². The highest BCUT2D eigenvalue weighted by molar-refractivity contribution is 6.30. The number of hydrogen-bond acceptors (Lipinski definition) is 3. The molecule has 1 atom stereocenters. The summed E-state index contributed by atoms with van der Waals surface area (Å²) in [6, 6.07) is 4.30. The van der Waals surface area contributed by atoms with Crippen molar-refractivity contribution in [2.24, 2.45) is 5.92 Å². The number of halogens is 1. The summed E-state index contributed by atoms with van der Waals surface area (Å²) in [6.45, 7) is 5.02. The first kappa shape index (κ1) is 14.8. The Bertz CT molecular complexity index is 363. The summed E-state index contributed by atoms with van der Waals surface area (Å²) in [5, 5.41) is 4.30. The lowest BCUT2D eigenvalue weighted by Gasteiger charge is -2.27. The normalized spacial score (nSPS) is 18.4. The number of hydrogen-bond donors (Lipinski definition) is 1. The van der Waals surface area contributed by atoms with Gasteiger partial charge in [-0.1, -0.05) is 18.5 Å². The minimum absolute atomic E-state index is 0.334. The monoisotopic (exact) mass is 282 g/mol. The predicted molar refractivity (Wildman–Crippen MR) is 78.4 cm³/mol. The third-order valence-electron chi connectivity index (χ3n) is 3.66. The molecule has 1 aliphatic heterocycles. The molecule has 19 heavy (non-hydrogen) atoms.